The van der Waals surface area contributed by atoms with E-state index in [1.165, 1.54) is 12.1 Å². The van der Waals surface area contributed by atoms with Crippen LogP contribution in [-0.4, -0.2) is 24.1 Å². The van der Waals surface area contributed by atoms with Gasteiger partial charge in [-0.15, -0.1) is 0 Å². The second kappa shape index (κ2) is 5.48. The van der Waals surface area contributed by atoms with E-state index in [-0.39, 0.29) is 11.3 Å². The summed E-state index contributed by atoms with van der Waals surface area (Å²) in [5.41, 5.74) is 3.10. The van der Waals surface area contributed by atoms with Gasteiger partial charge in [0.15, 0.2) is 0 Å². The Morgan fingerprint density at radius 1 is 1.08 bits per heavy atom. The summed E-state index contributed by atoms with van der Waals surface area (Å²) in [6.45, 7) is 3.96. The van der Waals surface area contributed by atoms with Crippen molar-refractivity contribution in [1.29, 1.82) is 0 Å². The predicted octanol–water partition coefficient (Wildman–Crippen LogP) is 3.48. The zero-order valence-electron chi connectivity index (χ0n) is 14.0. The number of aliphatic imine (C=N–C) groups is 1. The Balaban J connectivity index is 1.96. The molecular weight excluding hydrogens is 317 g/mol. The van der Waals surface area contributed by atoms with Gasteiger partial charge in [-0.2, -0.15) is 0 Å². The molecule has 1 aliphatic rings. The average molecular weight is 332 g/mol. The van der Waals surface area contributed by atoms with Crippen LogP contribution in [0, 0.1) is 11.6 Å². The maximum absolute atomic E-state index is 13.9. The fourth-order valence-corrected chi connectivity index (χ4v) is 3.36. The molecule has 0 saturated heterocycles. The van der Waals surface area contributed by atoms with E-state index in [0.717, 1.165) is 16.7 Å². The summed E-state index contributed by atoms with van der Waals surface area (Å²) in [4.78, 5) is 9.09. The molecule has 25 heavy (non-hydrogen) atoms. The predicted molar refractivity (Wildman–Crippen MR) is 96.9 cm³/mol. The van der Waals surface area contributed by atoms with Crippen molar-refractivity contribution in [3.05, 3.63) is 70.9 Å². The summed E-state index contributed by atoms with van der Waals surface area (Å²) in [5, 5.41) is 0.695. The van der Waals surface area contributed by atoms with Crippen LogP contribution >= 0.6 is 0 Å². The Morgan fingerprint density at radius 3 is 2.68 bits per heavy atom. The molecule has 0 spiro atoms. The molecular formula is C20H15BF2N2. The van der Waals surface area contributed by atoms with Gasteiger partial charge in [-0.05, 0) is 50.1 Å². The minimum Gasteiger partial charge on any atom is -0.278 e. The van der Waals surface area contributed by atoms with Gasteiger partial charge in [0.2, 0.25) is 0 Å². The first-order valence-corrected chi connectivity index (χ1v) is 8.07. The van der Waals surface area contributed by atoms with Crippen molar-refractivity contribution in [2.45, 2.75) is 25.8 Å². The monoisotopic (exact) mass is 332 g/mol. The lowest BCUT2D eigenvalue weighted by molar-refractivity contribution is 0.513. The van der Waals surface area contributed by atoms with Crippen LogP contribution in [0.3, 0.4) is 0 Å². The molecule has 4 rings (SSSR count). The van der Waals surface area contributed by atoms with E-state index in [0.29, 0.717) is 23.0 Å². The normalized spacial score (nSPS) is 15.8. The van der Waals surface area contributed by atoms with Crippen LogP contribution < -0.4 is 5.46 Å². The third kappa shape index (κ3) is 2.64. The Kier molecular flexibility index (Phi) is 3.49. The SMILES string of the molecule is [B]c1c(F)ccc2c1CC(C)(C)N=C2c1cnc2c(F)cccc2c1. The number of hydrogen-bond donors (Lipinski definition) is 0. The highest BCUT2D eigenvalue weighted by Crippen LogP contribution is 2.29. The Morgan fingerprint density at radius 2 is 1.88 bits per heavy atom. The maximum atomic E-state index is 13.9. The maximum Gasteiger partial charge on any atom is 0.149 e. The number of rotatable bonds is 1. The van der Waals surface area contributed by atoms with E-state index in [9.17, 15) is 8.78 Å². The fourth-order valence-electron chi connectivity index (χ4n) is 3.36. The standard InChI is InChI=1S/C20H15BF2N2/c1-20(2)9-14-13(6-7-15(22)17(14)21)18(25-20)12-8-11-4-3-5-16(23)19(11)24-10-12/h3-8,10H,9H2,1-2H3. The van der Waals surface area contributed by atoms with Gasteiger partial charge >= 0.3 is 0 Å². The molecule has 0 N–H and O–H groups in total. The van der Waals surface area contributed by atoms with Crippen LogP contribution in [0.4, 0.5) is 8.78 Å². The molecule has 2 nitrogen and oxygen atoms in total. The van der Waals surface area contributed by atoms with Crippen molar-refractivity contribution in [2.24, 2.45) is 4.99 Å². The van der Waals surface area contributed by atoms with Crippen LogP contribution in [0.25, 0.3) is 10.9 Å². The number of halogens is 2. The Bertz CT molecular complexity index is 1040. The molecule has 122 valence electrons. The quantitative estimate of drug-likeness (QED) is 0.627. The van der Waals surface area contributed by atoms with Gasteiger partial charge in [0.25, 0.3) is 0 Å². The van der Waals surface area contributed by atoms with Gasteiger partial charge in [0.1, 0.15) is 25.0 Å². The molecule has 0 aliphatic carbocycles. The van der Waals surface area contributed by atoms with Crippen molar-refractivity contribution < 1.29 is 8.78 Å². The molecule has 0 bridgehead atoms. The fraction of sp³-hybridized carbons (Fsp3) is 0.200. The summed E-state index contributed by atoms with van der Waals surface area (Å²) in [7, 11) is 5.98. The number of nitrogens with zero attached hydrogens (tertiary/aromatic N) is 2. The lowest BCUT2D eigenvalue weighted by Gasteiger charge is -2.30. The molecule has 2 radical (unpaired) electrons. The molecule has 0 unspecified atom stereocenters. The van der Waals surface area contributed by atoms with Gasteiger partial charge in [0, 0.05) is 22.7 Å². The highest BCUT2D eigenvalue weighted by atomic mass is 19.1. The molecule has 1 aromatic heterocycles. The molecule has 0 amide bonds. The van der Waals surface area contributed by atoms with Crippen LogP contribution in [-0.2, 0) is 6.42 Å². The first kappa shape index (κ1) is 15.9. The van der Waals surface area contributed by atoms with Crippen molar-refractivity contribution in [3.8, 4) is 0 Å². The Hall–Kier alpha value is -2.56. The van der Waals surface area contributed by atoms with E-state index in [1.807, 2.05) is 26.0 Å². The zero-order valence-corrected chi connectivity index (χ0v) is 14.0. The lowest BCUT2D eigenvalue weighted by Crippen LogP contribution is -2.34. The lowest BCUT2D eigenvalue weighted by atomic mass is 9.77. The van der Waals surface area contributed by atoms with Crippen LogP contribution in [0.15, 0.2) is 47.6 Å². The van der Waals surface area contributed by atoms with Crippen LogP contribution in [0.5, 0.6) is 0 Å². The largest absolute Gasteiger partial charge is 0.278 e. The van der Waals surface area contributed by atoms with Gasteiger partial charge in [0.05, 0.1) is 11.3 Å². The van der Waals surface area contributed by atoms with Crippen molar-refractivity contribution in [3.63, 3.8) is 0 Å². The summed E-state index contributed by atoms with van der Waals surface area (Å²) >= 11 is 0. The zero-order chi connectivity index (χ0) is 17.8. The van der Waals surface area contributed by atoms with Crippen LogP contribution in [0.2, 0.25) is 0 Å². The average Bonchev–Trinajstić information content (AvgIpc) is 2.57. The summed E-state index contributed by atoms with van der Waals surface area (Å²) in [5.74, 6) is -0.781. The van der Waals surface area contributed by atoms with E-state index >= 15 is 0 Å². The molecule has 0 fully saturated rings. The van der Waals surface area contributed by atoms with Gasteiger partial charge in [-0.3, -0.25) is 9.98 Å². The van der Waals surface area contributed by atoms with Crippen LogP contribution in [0.1, 0.15) is 30.5 Å². The molecule has 0 saturated carbocycles. The van der Waals surface area contributed by atoms with Crippen molar-refractivity contribution in [2.75, 3.05) is 0 Å². The second-order valence-electron chi connectivity index (χ2n) is 6.97. The van der Waals surface area contributed by atoms with Gasteiger partial charge < -0.3 is 0 Å². The first-order valence-electron chi connectivity index (χ1n) is 8.07. The van der Waals surface area contributed by atoms with Crippen molar-refractivity contribution >= 4 is 29.9 Å². The Labute approximate surface area is 146 Å². The third-order valence-corrected chi connectivity index (χ3v) is 4.52. The highest BCUT2D eigenvalue weighted by molar-refractivity contribution is 6.34. The second-order valence-corrected chi connectivity index (χ2v) is 6.97. The molecule has 2 aromatic carbocycles. The van der Waals surface area contributed by atoms with Gasteiger partial charge in [-0.1, -0.05) is 17.6 Å². The summed E-state index contributed by atoms with van der Waals surface area (Å²) < 4.78 is 27.8. The number of hydrogen-bond acceptors (Lipinski definition) is 2. The third-order valence-electron chi connectivity index (χ3n) is 4.52. The number of benzene rings is 2. The topological polar surface area (TPSA) is 25.2 Å². The first-order chi connectivity index (χ1) is 11.9. The minimum atomic E-state index is -0.422. The smallest absolute Gasteiger partial charge is 0.149 e. The molecule has 3 aromatic rings. The number of pyridine rings is 1. The van der Waals surface area contributed by atoms with E-state index in [2.05, 4.69) is 4.98 Å². The molecule has 1 aliphatic heterocycles. The number of fused-ring (bicyclic) bond motifs is 2. The van der Waals surface area contributed by atoms with E-state index in [4.69, 9.17) is 12.8 Å². The highest BCUT2D eigenvalue weighted by Gasteiger charge is 2.29. The molecule has 2 heterocycles. The van der Waals surface area contributed by atoms with Gasteiger partial charge in [-0.25, -0.2) is 8.78 Å². The van der Waals surface area contributed by atoms with E-state index < -0.39 is 11.4 Å². The molecule has 0 atom stereocenters. The summed E-state index contributed by atoms with van der Waals surface area (Å²) in [6, 6.07) is 9.76. The summed E-state index contributed by atoms with van der Waals surface area (Å²) in [6.07, 6.45) is 2.17. The molecule has 5 heteroatoms. The minimum absolute atomic E-state index is 0.165. The number of aromatic nitrogens is 1. The van der Waals surface area contributed by atoms with E-state index in [1.54, 1.807) is 18.3 Å². The van der Waals surface area contributed by atoms with Crippen molar-refractivity contribution in [1.82, 2.24) is 4.98 Å². The number of para-hydroxylation sites is 1.